The Morgan fingerprint density at radius 3 is 2.17 bits per heavy atom. The molecule has 9 nitrogen and oxygen atoms in total. The molecule has 3 aromatic carbocycles. The highest BCUT2D eigenvalue weighted by atomic mass is 17.2. The predicted molar refractivity (Wildman–Crippen MR) is 138 cm³/mol. The summed E-state index contributed by atoms with van der Waals surface area (Å²) < 4.78 is 0. The molecule has 0 atom stereocenters. The predicted octanol–water partition coefficient (Wildman–Crippen LogP) is 4.66. The number of nitrogens with one attached hydrogen (secondary N) is 2. The molecule has 188 valence electrons. The molecule has 0 aliphatic heterocycles. The van der Waals surface area contributed by atoms with E-state index < -0.39 is 5.91 Å². The first-order chi connectivity index (χ1) is 17.1. The van der Waals surface area contributed by atoms with E-state index in [1.807, 2.05) is 12.1 Å². The van der Waals surface area contributed by atoms with Crippen molar-refractivity contribution >= 4 is 29.0 Å². The molecule has 5 N–H and O–H groups in total. The molecule has 36 heavy (non-hydrogen) atoms. The minimum Gasteiger partial charge on any atom is -0.409 e. The summed E-state index contributed by atoms with van der Waals surface area (Å²) in [5.74, 6) is -0.879. The van der Waals surface area contributed by atoms with Crippen LogP contribution in [0.15, 0.2) is 71.9 Å². The van der Waals surface area contributed by atoms with Crippen LogP contribution in [0.4, 0.5) is 11.4 Å². The van der Waals surface area contributed by atoms with Gasteiger partial charge < -0.3 is 21.6 Å². The fourth-order valence-corrected chi connectivity index (χ4v) is 3.41. The Kier molecular flexibility index (Phi) is 8.42. The summed E-state index contributed by atoms with van der Waals surface area (Å²) in [6.45, 7) is 6.46. The van der Waals surface area contributed by atoms with Crippen molar-refractivity contribution in [1.82, 2.24) is 0 Å². The maximum atomic E-state index is 13.0. The van der Waals surface area contributed by atoms with Crippen LogP contribution in [-0.4, -0.2) is 30.0 Å². The van der Waals surface area contributed by atoms with Crippen LogP contribution in [0.25, 0.3) is 0 Å². The molecule has 0 spiro atoms. The normalized spacial score (nSPS) is 11.7. The first-order valence-electron chi connectivity index (χ1n) is 11.2. The number of benzene rings is 3. The molecule has 0 unspecified atom stereocenters. The Bertz CT molecular complexity index is 1260. The van der Waals surface area contributed by atoms with Crippen molar-refractivity contribution in [2.24, 2.45) is 10.9 Å². The highest BCUT2D eigenvalue weighted by molar-refractivity contribution is 6.10. The van der Waals surface area contributed by atoms with E-state index in [0.29, 0.717) is 28.1 Å². The Morgan fingerprint density at radius 2 is 1.53 bits per heavy atom. The maximum absolute atomic E-state index is 13.0. The second-order valence-electron chi connectivity index (χ2n) is 9.11. The lowest BCUT2D eigenvalue weighted by molar-refractivity contribution is -0.282. The molecule has 3 rings (SSSR count). The SMILES string of the molecule is COOCc1ccc(NC(=O)c2cccc(/C(N)=N/O)c2)c(NC(=O)c2ccc(C(C)(C)C)cc2)c1. The fraction of sp³-hybridized carbons (Fsp3) is 0.222. The molecule has 9 heteroatoms. The number of oxime groups is 1. The lowest BCUT2D eigenvalue weighted by Gasteiger charge is -2.19. The van der Waals surface area contributed by atoms with Gasteiger partial charge in [0.1, 0.15) is 6.61 Å². The Labute approximate surface area is 209 Å². The standard InChI is InChI=1S/C27H30N4O5/c1-27(2,3)21-11-9-18(10-12-21)25(32)30-23-14-17(16-36-35-4)8-13-22(23)29-26(33)20-7-5-6-19(15-20)24(28)31-34/h5-15,34H,16H2,1-4H3,(H2,28,31)(H,29,33)(H,30,32). The summed E-state index contributed by atoms with van der Waals surface area (Å²) in [7, 11) is 1.40. The van der Waals surface area contributed by atoms with Crippen LogP contribution in [0.2, 0.25) is 0 Å². The maximum Gasteiger partial charge on any atom is 0.255 e. The second kappa shape index (κ2) is 11.5. The lowest BCUT2D eigenvalue weighted by Crippen LogP contribution is -2.18. The highest BCUT2D eigenvalue weighted by Crippen LogP contribution is 2.27. The Hall–Kier alpha value is -4.21. The monoisotopic (exact) mass is 490 g/mol. The number of carbonyl (C=O) groups is 2. The van der Waals surface area contributed by atoms with Crippen molar-refractivity contribution in [3.05, 3.63) is 94.5 Å². The van der Waals surface area contributed by atoms with Crippen molar-refractivity contribution < 1.29 is 24.6 Å². The molecule has 0 aromatic heterocycles. The van der Waals surface area contributed by atoms with Gasteiger partial charge in [0.2, 0.25) is 0 Å². The summed E-state index contributed by atoms with van der Waals surface area (Å²) in [5, 5.41) is 17.6. The zero-order valence-electron chi connectivity index (χ0n) is 20.7. The van der Waals surface area contributed by atoms with Crippen LogP contribution in [0.1, 0.15) is 58.2 Å². The van der Waals surface area contributed by atoms with Crippen LogP contribution in [-0.2, 0) is 21.8 Å². The number of anilines is 2. The van der Waals surface area contributed by atoms with Gasteiger partial charge in [0.05, 0.1) is 18.5 Å². The number of amidine groups is 1. The van der Waals surface area contributed by atoms with Gasteiger partial charge in [-0.2, -0.15) is 0 Å². The van der Waals surface area contributed by atoms with E-state index >= 15 is 0 Å². The quantitative estimate of drug-likeness (QED) is 0.119. The average Bonchev–Trinajstić information content (AvgIpc) is 2.87. The molecule has 2 amide bonds. The molecule has 0 aliphatic carbocycles. The zero-order chi connectivity index (χ0) is 26.3. The third-order valence-electron chi connectivity index (χ3n) is 5.47. The molecular formula is C27H30N4O5. The van der Waals surface area contributed by atoms with Crippen LogP contribution in [0.3, 0.4) is 0 Å². The van der Waals surface area contributed by atoms with Gasteiger partial charge in [-0.3, -0.25) is 9.59 Å². The summed E-state index contributed by atoms with van der Waals surface area (Å²) in [6.07, 6.45) is 0. The molecular weight excluding hydrogens is 460 g/mol. The molecule has 0 aliphatic rings. The van der Waals surface area contributed by atoms with Crippen molar-refractivity contribution in [2.45, 2.75) is 32.8 Å². The number of hydrogen-bond acceptors (Lipinski definition) is 6. The first-order valence-corrected chi connectivity index (χ1v) is 11.2. The number of hydrogen-bond donors (Lipinski definition) is 4. The fourth-order valence-electron chi connectivity index (χ4n) is 3.41. The molecule has 0 heterocycles. The van der Waals surface area contributed by atoms with Crippen LogP contribution >= 0.6 is 0 Å². The van der Waals surface area contributed by atoms with Gasteiger partial charge in [0.25, 0.3) is 11.8 Å². The summed E-state index contributed by atoms with van der Waals surface area (Å²) in [6, 6.07) is 18.8. The van der Waals surface area contributed by atoms with E-state index in [4.69, 9.17) is 15.8 Å². The van der Waals surface area contributed by atoms with Crippen molar-refractivity contribution in [2.75, 3.05) is 17.7 Å². The molecule has 0 bridgehead atoms. The van der Waals surface area contributed by atoms with E-state index in [-0.39, 0.29) is 23.8 Å². The highest BCUT2D eigenvalue weighted by Gasteiger charge is 2.17. The minimum absolute atomic E-state index is 0.0346. The summed E-state index contributed by atoms with van der Waals surface area (Å²) >= 11 is 0. The van der Waals surface area contributed by atoms with E-state index in [2.05, 4.69) is 41.4 Å². The molecule has 0 saturated heterocycles. The van der Waals surface area contributed by atoms with Gasteiger partial charge in [-0.05, 0) is 52.9 Å². The van der Waals surface area contributed by atoms with Crippen molar-refractivity contribution in [3.8, 4) is 0 Å². The topological polar surface area (TPSA) is 135 Å². The zero-order valence-corrected chi connectivity index (χ0v) is 20.7. The van der Waals surface area contributed by atoms with Gasteiger partial charge in [-0.25, -0.2) is 9.78 Å². The summed E-state index contributed by atoms with van der Waals surface area (Å²) in [5.41, 5.74) is 9.37. The van der Waals surface area contributed by atoms with Gasteiger partial charge in [0, 0.05) is 16.7 Å². The van der Waals surface area contributed by atoms with Crippen LogP contribution in [0.5, 0.6) is 0 Å². The van der Waals surface area contributed by atoms with Crippen LogP contribution in [0, 0.1) is 0 Å². The van der Waals surface area contributed by atoms with Gasteiger partial charge in [0.15, 0.2) is 5.84 Å². The van der Waals surface area contributed by atoms with Gasteiger partial charge >= 0.3 is 0 Å². The van der Waals surface area contributed by atoms with Gasteiger partial charge in [-0.15, -0.1) is 0 Å². The Morgan fingerprint density at radius 1 is 0.889 bits per heavy atom. The number of nitrogens with two attached hydrogens (primary N) is 1. The minimum atomic E-state index is -0.437. The van der Waals surface area contributed by atoms with E-state index in [1.54, 1.807) is 48.5 Å². The average molecular weight is 491 g/mol. The smallest absolute Gasteiger partial charge is 0.255 e. The van der Waals surface area contributed by atoms with Crippen molar-refractivity contribution in [1.29, 1.82) is 0 Å². The number of nitrogens with zero attached hydrogens (tertiary/aromatic N) is 1. The third kappa shape index (κ3) is 6.68. The third-order valence-corrected chi connectivity index (χ3v) is 5.47. The first kappa shape index (κ1) is 26.4. The van der Waals surface area contributed by atoms with Crippen LogP contribution < -0.4 is 16.4 Å². The lowest BCUT2D eigenvalue weighted by atomic mass is 9.87. The second-order valence-corrected chi connectivity index (χ2v) is 9.11. The van der Waals surface area contributed by atoms with E-state index in [0.717, 1.165) is 11.1 Å². The van der Waals surface area contributed by atoms with E-state index in [9.17, 15) is 9.59 Å². The van der Waals surface area contributed by atoms with E-state index in [1.165, 1.54) is 13.2 Å². The number of rotatable bonds is 8. The largest absolute Gasteiger partial charge is 0.409 e. The number of amides is 2. The van der Waals surface area contributed by atoms with Crippen molar-refractivity contribution in [3.63, 3.8) is 0 Å². The molecule has 0 fully saturated rings. The molecule has 0 saturated carbocycles. The number of carbonyl (C=O) groups excluding carboxylic acids is 2. The summed E-state index contributed by atoms with van der Waals surface area (Å²) in [4.78, 5) is 35.7. The van der Waals surface area contributed by atoms with Gasteiger partial charge in [-0.1, -0.05) is 56.3 Å². The molecule has 3 aromatic rings. The Balaban J connectivity index is 1.87. The molecule has 0 radical (unpaired) electrons.